The van der Waals surface area contributed by atoms with E-state index in [0.717, 1.165) is 32.9 Å². The fourth-order valence-corrected chi connectivity index (χ4v) is 10.4. The predicted molar refractivity (Wildman–Crippen MR) is 189 cm³/mol. The maximum absolute atomic E-state index is 6.90. The minimum absolute atomic E-state index is 0.967. The zero-order chi connectivity index (χ0) is 28.5. The summed E-state index contributed by atoms with van der Waals surface area (Å²) in [6, 6.07) is 52.1. The third-order valence-corrected chi connectivity index (χ3v) is 13.7. The van der Waals surface area contributed by atoms with Crippen LogP contribution in [0.1, 0.15) is 0 Å². The molecule has 7 aromatic carbocycles. The first-order valence-electron chi connectivity index (χ1n) is 14.5. The van der Waals surface area contributed by atoms with Crippen LogP contribution in [0.15, 0.2) is 152 Å². The fraction of sp³-hybridized carbons (Fsp3) is 0. The third kappa shape index (κ3) is 3.66. The van der Waals surface area contributed by atoms with Crippen LogP contribution in [0.3, 0.4) is 0 Å². The SMILES string of the molecule is S=P(c1ccc2ccccc2c1)(c1ccc2ccccc2c1)c1ccc2c(c1)nc1c3ccccc3c3ccccc3n21. The Kier molecular flexibility index (Phi) is 5.38. The second-order valence-electron chi connectivity index (χ2n) is 11.2. The number of imidazole rings is 1. The molecule has 0 bridgehead atoms. The van der Waals surface area contributed by atoms with Crippen molar-refractivity contribution in [3.05, 3.63) is 152 Å². The lowest BCUT2D eigenvalue weighted by molar-refractivity contribution is 1.31. The van der Waals surface area contributed by atoms with Crippen molar-refractivity contribution in [3.8, 4) is 0 Å². The van der Waals surface area contributed by atoms with E-state index in [1.54, 1.807) is 0 Å². The summed E-state index contributed by atoms with van der Waals surface area (Å²) in [7, 11) is 0. The van der Waals surface area contributed by atoms with Crippen molar-refractivity contribution in [2.45, 2.75) is 0 Å². The van der Waals surface area contributed by atoms with E-state index in [4.69, 9.17) is 16.8 Å². The normalized spacial score (nSPS) is 12.3. The van der Waals surface area contributed by atoms with E-state index < -0.39 is 6.04 Å². The van der Waals surface area contributed by atoms with Crippen LogP contribution < -0.4 is 15.9 Å². The number of pyridine rings is 1. The first kappa shape index (κ1) is 24.7. The molecule has 9 rings (SSSR count). The van der Waals surface area contributed by atoms with Gasteiger partial charge in [-0.15, -0.1) is 0 Å². The molecular formula is C39H25N2PS. The molecule has 2 nitrogen and oxygen atoms in total. The van der Waals surface area contributed by atoms with E-state index in [1.807, 2.05) is 0 Å². The summed E-state index contributed by atoms with van der Waals surface area (Å²) in [5.41, 5.74) is 4.20. The molecule has 0 saturated carbocycles. The van der Waals surface area contributed by atoms with Crippen molar-refractivity contribution in [3.63, 3.8) is 0 Å². The predicted octanol–water partition coefficient (Wildman–Crippen LogP) is 8.86. The van der Waals surface area contributed by atoms with Gasteiger partial charge in [0.15, 0.2) is 0 Å². The number of hydrogen-bond acceptors (Lipinski definition) is 2. The largest absolute Gasteiger partial charge is 0.292 e. The summed E-state index contributed by atoms with van der Waals surface area (Å²) in [6.45, 7) is 0. The fourth-order valence-electron chi connectivity index (χ4n) is 6.69. The lowest BCUT2D eigenvalue weighted by atomic mass is 10.1. The van der Waals surface area contributed by atoms with Crippen molar-refractivity contribution in [2.75, 3.05) is 0 Å². The number of aromatic nitrogens is 2. The van der Waals surface area contributed by atoms with Crippen molar-refractivity contribution < 1.29 is 0 Å². The number of nitrogens with zero attached hydrogens (tertiary/aromatic N) is 2. The molecule has 2 aromatic heterocycles. The molecule has 0 atom stereocenters. The van der Waals surface area contributed by atoms with Gasteiger partial charge in [0.05, 0.1) is 16.6 Å². The minimum Gasteiger partial charge on any atom is -0.292 e. The van der Waals surface area contributed by atoms with Crippen molar-refractivity contribution in [2.24, 2.45) is 0 Å². The zero-order valence-electron chi connectivity index (χ0n) is 23.2. The Morgan fingerprint density at radius 2 is 0.953 bits per heavy atom. The van der Waals surface area contributed by atoms with Crippen molar-refractivity contribution in [1.29, 1.82) is 0 Å². The average Bonchev–Trinajstić information content (AvgIpc) is 3.47. The molecule has 43 heavy (non-hydrogen) atoms. The molecule has 0 fully saturated rings. The van der Waals surface area contributed by atoms with Gasteiger partial charge in [-0.25, -0.2) is 4.98 Å². The lowest BCUT2D eigenvalue weighted by Gasteiger charge is -2.25. The van der Waals surface area contributed by atoms with Crippen LogP contribution in [-0.4, -0.2) is 9.38 Å². The molecule has 4 heteroatoms. The van der Waals surface area contributed by atoms with Gasteiger partial charge < -0.3 is 0 Å². The number of fused-ring (bicyclic) bond motifs is 10. The van der Waals surface area contributed by atoms with Gasteiger partial charge in [0.1, 0.15) is 5.65 Å². The maximum atomic E-state index is 6.90. The van der Waals surface area contributed by atoms with Crippen LogP contribution in [0.4, 0.5) is 0 Å². The monoisotopic (exact) mass is 584 g/mol. The van der Waals surface area contributed by atoms with Gasteiger partial charge in [-0.05, 0) is 73.2 Å². The van der Waals surface area contributed by atoms with E-state index >= 15 is 0 Å². The standard InChI is InChI=1S/C39H25N2PS/c43-42(30-19-17-26-9-1-3-11-28(26)23-30,31-20-18-27-10-2-4-12-29(27)24-31)32-21-22-38-36(25-32)40-39-35-15-6-5-13-33(35)34-14-7-8-16-37(34)41(38)39/h1-25H. The van der Waals surface area contributed by atoms with E-state index in [-0.39, 0.29) is 0 Å². The molecule has 0 unspecified atom stereocenters. The second kappa shape index (κ2) is 9.34. The number of hydrogen-bond donors (Lipinski definition) is 0. The number of benzene rings is 7. The molecule has 0 aliphatic heterocycles. The zero-order valence-corrected chi connectivity index (χ0v) is 24.9. The summed E-state index contributed by atoms with van der Waals surface area (Å²) in [4.78, 5) is 5.29. The van der Waals surface area contributed by atoms with Crippen LogP contribution in [0.5, 0.6) is 0 Å². The van der Waals surface area contributed by atoms with Crippen LogP contribution in [-0.2, 0) is 11.8 Å². The molecular weight excluding hydrogens is 559 g/mol. The van der Waals surface area contributed by atoms with E-state index in [0.29, 0.717) is 0 Å². The third-order valence-electron chi connectivity index (χ3n) is 8.80. The van der Waals surface area contributed by atoms with Crippen molar-refractivity contribution in [1.82, 2.24) is 9.38 Å². The Morgan fingerprint density at radius 1 is 0.442 bits per heavy atom. The van der Waals surface area contributed by atoms with Gasteiger partial charge in [-0.1, -0.05) is 133 Å². The molecule has 9 aromatic rings. The van der Waals surface area contributed by atoms with Crippen molar-refractivity contribution >= 4 is 93.7 Å². The van der Waals surface area contributed by atoms with Crippen LogP contribution >= 0.6 is 6.04 Å². The highest BCUT2D eigenvalue weighted by Crippen LogP contribution is 2.45. The van der Waals surface area contributed by atoms with Gasteiger partial charge in [-0.3, -0.25) is 4.40 Å². The second-order valence-corrected chi connectivity index (χ2v) is 15.6. The molecule has 0 aliphatic rings. The highest BCUT2D eigenvalue weighted by molar-refractivity contribution is 8.25. The van der Waals surface area contributed by atoms with Gasteiger partial charge in [-0.2, -0.15) is 0 Å². The number of para-hydroxylation sites is 1. The van der Waals surface area contributed by atoms with Gasteiger partial charge in [0.25, 0.3) is 0 Å². The topological polar surface area (TPSA) is 17.3 Å². The van der Waals surface area contributed by atoms with Gasteiger partial charge in [0, 0.05) is 16.8 Å². The quantitative estimate of drug-likeness (QED) is 0.152. The van der Waals surface area contributed by atoms with Gasteiger partial charge in [0.2, 0.25) is 0 Å². The molecule has 0 radical (unpaired) electrons. The van der Waals surface area contributed by atoms with Crippen LogP contribution in [0.2, 0.25) is 0 Å². The molecule has 0 aliphatic carbocycles. The highest BCUT2D eigenvalue weighted by atomic mass is 32.4. The Balaban J connectivity index is 1.36. The molecule has 0 saturated heterocycles. The maximum Gasteiger partial charge on any atom is 0.146 e. The number of rotatable bonds is 3. The summed E-state index contributed by atoms with van der Waals surface area (Å²) in [5, 5.41) is 12.0. The van der Waals surface area contributed by atoms with E-state index in [2.05, 4.69) is 156 Å². The van der Waals surface area contributed by atoms with Crippen LogP contribution in [0, 0.1) is 0 Å². The summed E-state index contributed by atoms with van der Waals surface area (Å²) in [5.74, 6) is 0. The van der Waals surface area contributed by atoms with E-state index in [1.165, 1.54) is 42.9 Å². The molecule has 2 heterocycles. The molecule has 0 N–H and O–H groups in total. The highest BCUT2D eigenvalue weighted by Gasteiger charge is 2.27. The van der Waals surface area contributed by atoms with Gasteiger partial charge >= 0.3 is 0 Å². The summed E-state index contributed by atoms with van der Waals surface area (Å²) >= 11 is 6.90. The summed E-state index contributed by atoms with van der Waals surface area (Å²) < 4.78 is 2.31. The molecule has 0 amide bonds. The molecule has 202 valence electrons. The Bertz CT molecular complexity index is 2530. The average molecular weight is 585 g/mol. The smallest absolute Gasteiger partial charge is 0.146 e. The first-order chi connectivity index (χ1) is 21.2. The van der Waals surface area contributed by atoms with E-state index in [9.17, 15) is 0 Å². The van der Waals surface area contributed by atoms with Crippen LogP contribution in [0.25, 0.3) is 59.9 Å². The lowest BCUT2D eigenvalue weighted by Crippen LogP contribution is -2.25. The Morgan fingerprint density at radius 3 is 1.63 bits per heavy atom. The summed E-state index contributed by atoms with van der Waals surface area (Å²) in [6.07, 6.45) is 0. The minimum atomic E-state index is -2.44. The molecule has 0 spiro atoms. The Labute approximate surface area is 253 Å². The first-order valence-corrected chi connectivity index (χ1v) is 17.3. The Hall–Kier alpha value is -4.82.